The summed E-state index contributed by atoms with van der Waals surface area (Å²) in [6.45, 7) is 2.90. The summed E-state index contributed by atoms with van der Waals surface area (Å²) < 4.78 is 0. The number of hydrogen-bond donors (Lipinski definition) is 1. The van der Waals surface area contributed by atoms with Crippen LogP contribution in [0.3, 0.4) is 0 Å². The third-order valence-electron chi connectivity index (χ3n) is 2.82. The molecule has 0 atom stereocenters. The van der Waals surface area contributed by atoms with Gasteiger partial charge >= 0.3 is 0 Å². The number of aromatic nitrogens is 1. The van der Waals surface area contributed by atoms with Crippen molar-refractivity contribution in [2.45, 2.75) is 13.5 Å². The van der Waals surface area contributed by atoms with E-state index in [9.17, 15) is 0 Å². The fourth-order valence-electron chi connectivity index (χ4n) is 1.66. The van der Waals surface area contributed by atoms with Crippen LogP contribution in [0.15, 0.2) is 29.8 Å². The maximum absolute atomic E-state index is 5.58. The monoisotopic (exact) mass is 277 g/mol. The van der Waals surface area contributed by atoms with Crippen LogP contribution >= 0.6 is 23.6 Å². The Morgan fingerprint density at radius 2 is 2.06 bits per heavy atom. The lowest BCUT2D eigenvalue weighted by Gasteiger charge is -2.19. The molecule has 0 amide bonds. The van der Waals surface area contributed by atoms with Crippen molar-refractivity contribution in [2.24, 2.45) is 5.73 Å². The molecule has 94 valence electrons. The first-order valence-corrected chi connectivity index (χ1v) is 6.86. The van der Waals surface area contributed by atoms with Crippen LogP contribution < -0.4 is 10.6 Å². The molecular formula is C13H15N3S2. The minimum atomic E-state index is 0.433. The third-order valence-corrected chi connectivity index (χ3v) is 3.97. The van der Waals surface area contributed by atoms with E-state index < -0.39 is 0 Å². The number of thiazole rings is 1. The minimum Gasteiger partial charge on any atom is -0.389 e. The predicted molar refractivity (Wildman–Crippen MR) is 81.3 cm³/mol. The van der Waals surface area contributed by atoms with Gasteiger partial charge in [0.2, 0.25) is 0 Å². The standard InChI is InChI=1S/C13H15N3S2/c1-9-12(18-8-15-9)7-16(2)11-5-3-10(4-6-11)13(14)17/h3-6,8H,7H2,1-2H3,(H2,14,17). The van der Waals surface area contributed by atoms with Crippen molar-refractivity contribution < 1.29 is 0 Å². The van der Waals surface area contributed by atoms with E-state index in [4.69, 9.17) is 18.0 Å². The minimum absolute atomic E-state index is 0.433. The molecule has 0 aliphatic rings. The van der Waals surface area contributed by atoms with Crippen LogP contribution in [0.1, 0.15) is 16.1 Å². The van der Waals surface area contributed by atoms with E-state index in [2.05, 4.69) is 16.9 Å². The van der Waals surface area contributed by atoms with Crippen LogP contribution in [-0.4, -0.2) is 17.0 Å². The lowest BCUT2D eigenvalue weighted by molar-refractivity contribution is 0.926. The lowest BCUT2D eigenvalue weighted by atomic mass is 10.2. The molecule has 18 heavy (non-hydrogen) atoms. The second-order valence-corrected chi connectivity index (χ2v) is 5.51. The summed E-state index contributed by atoms with van der Waals surface area (Å²) in [6, 6.07) is 7.97. The number of nitrogens with zero attached hydrogens (tertiary/aromatic N) is 2. The van der Waals surface area contributed by atoms with Crippen LogP contribution in [0.2, 0.25) is 0 Å². The van der Waals surface area contributed by atoms with E-state index in [1.165, 1.54) is 4.88 Å². The number of nitrogens with two attached hydrogens (primary N) is 1. The second kappa shape index (κ2) is 5.46. The molecule has 5 heteroatoms. The fraction of sp³-hybridized carbons (Fsp3) is 0.231. The third kappa shape index (κ3) is 2.86. The highest BCUT2D eigenvalue weighted by atomic mass is 32.1. The maximum atomic E-state index is 5.58. The van der Waals surface area contributed by atoms with E-state index in [1.807, 2.05) is 36.7 Å². The first-order valence-electron chi connectivity index (χ1n) is 5.58. The molecule has 0 aliphatic heterocycles. The zero-order valence-corrected chi connectivity index (χ0v) is 12.0. The molecule has 2 N–H and O–H groups in total. The van der Waals surface area contributed by atoms with Gasteiger partial charge in [-0.2, -0.15) is 0 Å². The van der Waals surface area contributed by atoms with Crippen LogP contribution in [0, 0.1) is 6.92 Å². The zero-order valence-electron chi connectivity index (χ0n) is 10.4. The van der Waals surface area contributed by atoms with Gasteiger partial charge in [-0.1, -0.05) is 12.2 Å². The van der Waals surface area contributed by atoms with Gasteiger partial charge in [0, 0.05) is 23.2 Å². The average molecular weight is 277 g/mol. The molecule has 0 unspecified atom stereocenters. The lowest BCUT2D eigenvalue weighted by Crippen LogP contribution is -2.16. The van der Waals surface area contributed by atoms with Crippen molar-refractivity contribution in [1.29, 1.82) is 0 Å². The quantitative estimate of drug-likeness (QED) is 0.873. The zero-order chi connectivity index (χ0) is 13.1. The second-order valence-electron chi connectivity index (χ2n) is 4.13. The molecule has 1 aromatic carbocycles. The summed E-state index contributed by atoms with van der Waals surface area (Å²) in [4.78, 5) is 8.16. The molecule has 2 rings (SSSR count). The average Bonchev–Trinajstić information content (AvgIpc) is 2.75. The molecule has 2 aromatic rings. The number of hydrogen-bond acceptors (Lipinski definition) is 4. The molecule has 0 saturated carbocycles. The Morgan fingerprint density at radius 1 is 1.39 bits per heavy atom. The summed E-state index contributed by atoms with van der Waals surface area (Å²) in [5.41, 5.74) is 10.6. The van der Waals surface area contributed by atoms with Crippen molar-refractivity contribution in [2.75, 3.05) is 11.9 Å². The Kier molecular flexibility index (Phi) is 3.93. The summed E-state index contributed by atoms with van der Waals surface area (Å²) in [5.74, 6) is 0. The fourth-order valence-corrected chi connectivity index (χ4v) is 2.63. The van der Waals surface area contributed by atoms with Gasteiger partial charge in [0.15, 0.2) is 0 Å². The number of benzene rings is 1. The van der Waals surface area contributed by atoms with Crippen LogP contribution in [-0.2, 0) is 6.54 Å². The van der Waals surface area contributed by atoms with Gasteiger partial charge in [-0.25, -0.2) is 4.98 Å². The first kappa shape index (κ1) is 13.0. The van der Waals surface area contributed by atoms with E-state index >= 15 is 0 Å². The van der Waals surface area contributed by atoms with E-state index in [0.29, 0.717) is 4.99 Å². The Hall–Kier alpha value is -1.46. The van der Waals surface area contributed by atoms with Gasteiger partial charge in [0.1, 0.15) is 4.99 Å². The van der Waals surface area contributed by atoms with Gasteiger partial charge in [-0.05, 0) is 31.2 Å². The van der Waals surface area contributed by atoms with E-state index in [-0.39, 0.29) is 0 Å². The van der Waals surface area contributed by atoms with Crippen molar-refractivity contribution >= 4 is 34.2 Å². The highest BCUT2D eigenvalue weighted by molar-refractivity contribution is 7.80. The topological polar surface area (TPSA) is 42.2 Å². The molecule has 3 nitrogen and oxygen atoms in total. The summed E-state index contributed by atoms with van der Waals surface area (Å²) in [6.07, 6.45) is 0. The van der Waals surface area contributed by atoms with E-state index in [0.717, 1.165) is 23.5 Å². The SMILES string of the molecule is Cc1ncsc1CN(C)c1ccc(C(N)=S)cc1. The molecule has 0 saturated heterocycles. The van der Waals surface area contributed by atoms with Gasteiger partial charge < -0.3 is 10.6 Å². The van der Waals surface area contributed by atoms with Crippen molar-refractivity contribution in [1.82, 2.24) is 4.98 Å². The summed E-state index contributed by atoms with van der Waals surface area (Å²) >= 11 is 6.63. The van der Waals surface area contributed by atoms with Crippen LogP contribution in [0.4, 0.5) is 5.69 Å². The largest absolute Gasteiger partial charge is 0.389 e. The molecule has 1 heterocycles. The van der Waals surface area contributed by atoms with Crippen LogP contribution in [0.25, 0.3) is 0 Å². The predicted octanol–water partition coefficient (Wildman–Crippen LogP) is 2.72. The Balaban J connectivity index is 2.12. The number of thiocarbonyl (C=S) groups is 1. The highest BCUT2D eigenvalue weighted by Crippen LogP contribution is 2.20. The van der Waals surface area contributed by atoms with Crippen molar-refractivity contribution in [3.8, 4) is 0 Å². The van der Waals surface area contributed by atoms with Crippen molar-refractivity contribution in [3.05, 3.63) is 45.9 Å². The Bertz CT molecular complexity index is 546. The molecule has 0 aliphatic carbocycles. The summed E-state index contributed by atoms with van der Waals surface area (Å²) in [5, 5.41) is 0. The normalized spacial score (nSPS) is 10.3. The maximum Gasteiger partial charge on any atom is 0.103 e. The van der Waals surface area contributed by atoms with E-state index in [1.54, 1.807) is 11.3 Å². The Labute approximate surface area is 116 Å². The molecule has 0 fully saturated rings. The molecule has 1 aromatic heterocycles. The number of anilines is 1. The van der Waals surface area contributed by atoms with Gasteiger partial charge in [-0.3, -0.25) is 0 Å². The Morgan fingerprint density at radius 3 is 2.56 bits per heavy atom. The molecule has 0 radical (unpaired) electrons. The van der Waals surface area contributed by atoms with Gasteiger partial charge in [-0.15, -0.1) is 11.3 Å². The first-order chi connectivity index (χ1) is 8.58. The van der Waals surface area contributed by atoms with Crippen LogP contribution in [0.5, 0.6) is 0 Å². The van der Waals surface area contributed by atoms with Gasteiger partial charge in [0.25, 0.3) is 0 Å². The highest BCUT2D eigenvalue weighted by Gasteiger charge is 2.07. The molecule has 0 spiro atoms. The molecule has 0 bridgehead atoms. The number of aryl methyl sites for hydroxylation is 1. The number of rotatable bonds is 4. The smallest absolute Gasteiger partial charge is 0.103 e. The molecular weight excluding hydrogens is 262 g/mol. The van der Waals surface area contributed by atoms with Crippen molar-refractivity contribution in [3.63, 3.8) is 0 Å². The van der Waals surface area contributed by atoms with Gasteiger partial charge in [0.05, 0.1) is 17.7 Å². The summed E-state index contributed by atoms with van der Waals surface area (Å²) in [7, 11) is 2.06.